The number of hydrogen-bond acceptors (Lipinski definition) is 6. The highest BCUT2D eigenvalue weighted by Crippen LogP contribution is 2.21. The second-order valence-corrected chi connectivity index (χ2v) is 8.51. The molecule has 4 heterocycles. The number of carbonyl (C=O) groups is 1. The first kappa shape index (κ1) is 20.8. The van der Waals surface area contributed by atoms with Gasteiger partial charge in [0.2, 0.25) is 0 Å². The van der Waals surface area contributed by atoms with Crippen LogP contribution >= 0.6 is 11.3 Å². The minimum atomic E-state index is -0.177. The molecule has 1 N–H and O–H groups in total. The summed E-state index contributed by atoms with van der Waals surface area (Å²) in [6.07, 6.45) is 7.45. The van der Waals surface area contributed by atoms with Gasteiger partial charge in [-0.2, -0.15) is 0 Å². The Balaban J connectivity index is 1.19. The number of ether oxygens (including phenoxy) is 1. The number of aryl methyl sites for hydroxylation is 1. The second-order valence-electron chi connectivity index (χ2n) is 7.57. The fraction of sp³-hybridized carbons (Fsp3) is 0.120. The average Bonchev–Trinajstić information content (AvgIpc) is 3.48. The molecule has 0 fully saturated rings. The number of rotatable bonds is 7. The first-order valence-electron chi connectivity index (χ1n) is 10.4. The second kappa shape index (κ2) is 9.22. The standard InChI is InChI=1S/C25H21N5O2S/c1-17-5-6-23-28-20(14-30(23)13-17)15-32-21-4-2-3-19(11-21)25(31)27-12-24-29-22(16-33-24)18-7-9-26-10-8-18/h2-11,13-14,16H,12,15H2,1H3,(H,27,31). The number of hydrogen-bond donors (Lipinski definition) is 1. The minimum Gasteiger partial charge on any atom is -0.487 e. The van der Waals surface area contributed by atoms with Gasteiger partial charge in [-0.1, -0.05) is 12.1 Å². The molecule has 1 amide bonds. The monoisotopic (exact) mass is 455 g/mol. The normalized spacial score (nSPS) is 10.9. The molecular weight excluding hydrogens is 434 g/mol. The van der Waals surface area contributed by atoms with E-state index in [0.29, 0.717) is 24.5 Å². The Hall–Kier alpha value is -4.04. The molecule has 5 aromatic rings. The highest BCUT2D eigenvalue weighted by molar-refractivity contribution is 7.09. The number of carbonyl (C=O) groups excluding carboxylic acids is 1. The lowest BCUT2D eigenvalue weighted by Gasteiger charge is -2.07. The number of amides is 1. The summed E-state index contributed by atoms with van der Waals surface area (Å²) in [6, 6.07) is 15.0. The van der Waals surface area contributed by atoms with Gasteiger partial charge >= 0.3 is 0 Å². The average molecular weight is 456 g/mol. The van der Waals surface area contributed by atoms with Gasteiger partial charge in [0.05, 0.1) is 17.9 Å². The van der Waals surface area contributed by atoms with Crippen LogP contribution in [-0.2, 0) is 13.2 Å². The smallest absolute Gasteiger partial charge is 0.251 e. The lowest BCUT2D eigenvalue weighted by atomic mass is 10.2. The summed E-state index contributed by atoms with van der Waals surface area (Å²) >= 11 is 1.51. The van der Waals surface area contributed by atoms with Crippen molar-refractivity contribution in [1.29, 1.82) is 0 Å². The fourth-order valence-corrected chi connectivity index (χ4v) is 4.16. The number of nitrogens with one attached hydrogen (secondary N) is 1. The van der Waals surface area contributed by atoms with E-state index in [1.54, 1.807) is 24.5 Å². The SMILES string of the molecule is Cc1ccc2nc(COc3cccc(C(=O)NCc4nc(-c5ccncc5)cs4)c3)cn2c1. The van der Waals surface area contributed by atoms with Gasteiger partial charge in [-0.05, 0) is 48.9 Å². The molecule has 0 aliphatic rings. The molecule has 0 radical (unpaired) electrons. The Morgan fingerprint density at radius 1 is 1.09 bits per heavy atom. The third kappa shape index (κ3) is 4.91. The highest BCUT2D eigenvalue weighted by atomic mass is 32.1. The number of aromatic nitrogens is 4. The van der Waals surface area contributed by atoms with Gasteiger partial charge in [0.1, 0.15) is 23.0 Å². The Labute approximate surface area is 194 Å². The third-order valence-electron chi connectivity index (χ3n) is 5.06. The van der Waals surface area contributed by atoms with Crippen molar-refractivity contribution in [1.82, 2.24) is 24.7 Å². The zero-order valence-electron chi connectivity index (χ0n) is 17.9. The molecule has 8 heteroatoms. The molecule has 0 aliphatic heterocycles. The van der Waals surface area contributed by atoms with Gasteiger partial charge in [-0.15, -0.1) is 11.3 Å². The van der Waals surface area contributed by atoms with Crippen LogP contribution in [0.3, 0.4) is 0 Å². The number of thiazole rings is 1. The molecule has 164 valence electrons. The van der Waals surface area contributed by atoms with E-state index < -0.39 is 0 Å². The van der Waals surface area contributed by atoms with Crippen LogP contribution in [0, 0.1) is 6.92 Å². The van der Waals surface area contributed by atoms with Gasteiger partial charge in [0.15, 0.2) is 0 Å². The number of nitrogens with zero attached hydrogens (tertiary/aromatic N) is 4. The van der Waals surface area contributed by atoms with Gasteiger partial charge in [-0.25, -0.2) is 9.97 Å². The molecule has 0 bridgehead atoms. The van der Waals surface area contributed by atoms with Crippen molar-refractivity contribution >= 4 is 22.9 Å². The van der Waals surface area contributed by atoms with Gasteiger partial charge in [0, 0.05) is 41.3 Å². The van der Waals surface area contributed by atoms with E-state index in [-0.39, 0.29) is 5.91 Å². The summed E-state index contributed by atoms with van der Waals surface area (Å²) in [5.41, 5.74) is 5.28. The topological polar surface area (TPSA) is 81.4 Å². The molecular formula is C25H21N5O2S. The van der Waals surface area contributed by atoms with Crippen LogP contribution in [0.15, 0.2) is 78.7 Å². The number of fused-ring (bicyclic) bond motifs is 1. The Morgan fingerprint density at radius 3 is 2.85 bits per heavy atom. The summed E-state index contributed by atoms with van der Waals surface area (Å²) < 4.78 is 7.87. The molecule has 0 aliphatic carbocycles. The van der Waals surface area contributed by atoms with Crippen molar-refractivity contribution in [2.45, 2.75) is 20.1 Å². The quantitative estimate of drug-likeness (QED) is 0.386. The van der Waals surface area contributed by atoms with Gasteiger partial charge in [0.25, 0.3) is 5.91 Å². The van der Waals surface area contributed by atoms with Crippen LogP contribution in [0.1, 0.15) is 26.6 Å². The van der Waals surface area contributed by atoms with Crippen molar-refractivity contribution in [3.05, 3.63) is 101 Å². The molecule has 0 atom stereocenters. The third-order valence-corrected chi connectivity index (χ3v) is 5.91. The summed E-state index contributed by atoms with van der Waals surface area (Å²) in [6.45, 7) is 2.73. The van der Waals surface area contributed by atoms with E-state index in [2.05, 4.69) is 20.3 Å². The number of imidazole rings is 1. The lowest BCUT2D eigenvalue weighted by Crippen LogP contribution is -2.22. The van der Waals surface area contributed by atoms with Crippen LogP contribution in [0.5, 0.6) is 5.75 Å². The number of pyridine rings is 2. The first-order valence-corrected chi connectivity index (χ1v) is 11.3. The van der Waals surface area contributed by atoms with Crippen LogP contribution in [-0.4, -0.2) is 25.3 Å². The fourth-order valence-electron chi connectivity index (χ4n) is 3.41. The van der Waals surface area contributed by atoms with E-state index >= 15 is 0 Å². The molecule has 0 saturated carbocycles. The van der Waals surface area contributed by atoms with E-state index in [1.165, 1.54) is 11.3 Å². The molecule has 7 nitrogen and oxygen atoms in total. The summed E-state index contributed by atoms with van der Waals surface area (Å²) in [4.78, 5) is 25.8. The molecule has 0 spiro atoms. The predicted molar refractivity (Wildman–Crippen MR) is 127 cm³/mol. The maximum atomic E-state index is 12.7. The van der Waals surface area contributed by atoms with Crippen LogP contribution < -0.4 is 10.1 Å². The Kier molecular flexibility index (Phi) is 5.82. The summed E-state index contributed by atoms with van der Waals surface area (Å²) in [7, 11) is 0. The van der Waals surface area contributed by atoms with E-state index in [9.17, 15) is 4.79 Å². The minimum absolute atomic E-state index is 0.177. The summed E-state index contributed by atoms with van der Waals surface area (Å²) in [5.74, 6) is 0.439. The molecule has 5 rings (SSSR count). The largest absolute Gasteiger partial charge is 0.487 e. The zero-order valence-corrected chi connectivity index (χ0v) is 18.7. The zero-order chi connectivity index (χ0) is 22.6. The summed E-state index contributed by atoms with van der Waals surface area (Å²) in [5, 5.41) is 5.75. The highest BCUT2D eigenvalue weighted by Gasteiger charge is 2.10. The van der Waals surface area contributed by atoms with Crippen molar-refractivity contribution in [2.75, 3.05) is 0 Å². The molecule has 33 heavy (non-hydrogen) atoms. The van der Waals surface area contributed by atoms with Crippen LogP contribution in [0.2, 0.25) is 0 Å². The maximum absolute atomic E-state index is 12.7. The first-order chi connectivity index (χ1) is 16.1. The Bertz CT molecular complexity index is 1410. The maximum Gasteiger partial charge on any atom is 0.251 e. The van der Waals surface area contributed by atoms with Crippen molar-refractivity contribution in [3.63, 3.8) is 0 Å². The lowest BCUT2D eigenvalue weighted by molar-refractivity contribution is 0.0950. The van der Waals surface area contributed by atoms with Crippen LogP contribution in [0.4, 0.5) is 0 Å². The van der Waals surface area contributed by atoms with E-state index in [1.807, 2.05) is 65.5 Å². The van der Waals surface area contributed by atoms with Crippen molar-refractivity contribution in [3.8, 4) is 17.0 Å². The van der Waals surface area contributed by atoms with Crippen molar-refractivity contribution in [2.24, 2.45) is 0 Å². The van der Waals surface area contributed by atoms with E-state index in [4.69, 9.17) is 4.74 Å². The Morgan fingerprint density at radius 2 is 1.97 bits per heavy atom. The molecule has 0 unspecified atom stereocenters. The van der Waals surface area contributed by atoms with E-state index in [0.717, 1.165) is 33.2 Å². The predicted octanol–water partition coefficient (Wildman–Crippen LogP) is 4.67. The van der Waals surface area contributed by atoms with Crippen LogP contribution in [0.25, 0.3) is 16.9 Å². The van der Waals surface area contributed by atoms with Gasteiger partial charge in [-0.3, -0.25) is 9.78 Å². The number of benzene rings is 1. The molecule has 1 aromatic carbocycles. The van der Waals surface area contributed by atoms with Gasteiger partial charge < -0.3 is 14.5 Å². The molecule has 4 aromatic heterocycles. The van der Waals surface area contributed by atoms with Crippen molar-refractivity contribution < 1.29 is 9.53 Å². The molecule has 0 saturated heterocycles.